The Hall–Kier alpha value is -3.29. The lowest BCUT2D eigenvalue weighted by Gasteiger charge is -2.32. The topological polar surface area (TPSA) is 52.7 Å². The molecule has 2 aromatic rings. The van der Waals surface area contributed by atoms with Crippen LogP contribution in [-0.2, 0) is 17.5 Å². The molecular formula is C21H18F3N3O2. The van der Waals surface area contributed by atoms with Crippen LogP contribution in [0.4, 0.5) is 18.0 Å². The number of rotatable bonds is 3. The molecule has 0 saturated heterocycles. The van der Waals surface area contributed by atoms with Gasteiger partial charge in [-0.2, -0.15) is 13.2 Å². The molecule has 4 rings (SSSR count). The fourth-order valence-electron chi connectivity index (χ4n) is 3.80. The van der Waals surface area contributed by atoms with Gasteiger partial charge in [0.05, 0.1) is 29.4 Å². The van der Waals surface area contributed by atoms with E-state index in [9.17, 15) is 22.8 Å². The molecule has 29 heavy (non-hydrogen) atoms. The summed E-state index contributed by atoms with van der Waals surface area (Å²) < 4.78 is 40.6. The smallest absolute Gasteiger partial charge is 0.329 e. The van der Waals surface area contributed by atoms with Crippen LogP contribution in [0.25, 0.3) is 0 Å². The highest BCUT2D eigenvalue weighted by atomic mass is 19.4. The minimum absolute atomic E-state index is 0.135. The first-order valence-electron chi connectivity index (χ1n) is 9.04. The first-order chi connectivity index (χ1) is 13.8. The number of benzene rings is 2. The Kier molecular flexibility index (Phi) is 4.56. The molecule has 0 bridgehead atoms. The number of hydrogen-bond donors (Lipinski definition) is 1. The van der Waals surface area contributed by atoms with Gasteiger partial charge in [0.2, 0.25) is 0 Å². The molecule has 0 saturated carbocycles. The van der Waals surface area contributed by atoms with Crippen molar-refractivity contribution in [3.8, 4) is 0 Å². The summed E-state index contributed by atoms with van der Waals surface area (Å²) in [7, 11) is 1.51. The van der Waals surface area contributed by atoms with E-state index in [4.69, 9.17) is 0 Å². The molecule has 0 radical (unpaired) electrons. The van der Waals surface area contributed by atoms with E-state index in [1.807, 2.05) is 30.3 Å². The minimum atomic E-state index is -4.60. The van der Waals surface area contributed by atoms with Crippen molar-refractivity contribution in [2.24, 2.45) is 0 Å². The molecule has 3 amide bonds. The maximum absolute atomic E-state index is 13.5. The second-order valence-electron chi connectivity index (χ2n) is 7.03. The van der Waals surface area contributed by atoms with E-state index in [0.717, 1.165) is 11.6 Å². The van der Waals surface area contributed by atoms with Gasteiger partial charge in [0, 0.05) is 13.6 Å². The van der Waals surface area contributed by atoms with Crippen molar-refractivity contribution >= 4 is 11.9 Å². The summed E-state index contributed by atoms with van der Waals surface area (Å²) in [6, 6.07) is 12.6. The van der Waals surface area contributed by atoms with E-state index < -0.39 is 23.8 Å². The van der Waals surface area contributed by atoms with Crippen LogP contribution in [0.2, 0.25) is 0 Å². The van der Waals surface area contributed by atoms with E-state index >= 15 is 0 Å². The molecule has 1 atom stereocenters. The van der Waals surface area contributed by atoms with Crippen LogP contribution in [0.1, 0.15) is 22.7 Å². The average Bonchev–Trinajstić information content (AvgIpc) is 3.01. The average molecular weight is 401 g/mol. The summed E-state index contributed by atoms with van der Waals surface area (Å²) in [5, 5.41) is 2.56. The van der Waals surface area contributed by atoms with Crippen LogP contribution in [0.5, 0.6) is 0 Å². The van der Waals surface area contributed by atoms with Crippen molar-refractivity contribution in [3.05, 3.63) is 82.6 Å². The molecule has 0 aliphatic carbocycles. The molecule has 150 valence electrons. The van der Waals surface area contributed by atoms with Gasteiger partial charge in [0.25, 0.3) is 5.91 Å². The molecule has 8 heteroatoms. The molecule has 2 aromatic carbocycles. The van der Waals surface area contributed by atoms with Crippen LogP contribution < -0.4 is 5.32 Å². The Morgan fingerprint density at radius 3 is 2.38 bits per heavy atom. The van der Waals surface area contributed by atoms with Gasteiger partial charge in [0.15, 0.2) is 0 Å². The number of likely N-dealkylation sites (N-methyl/N-ethyl adjacent to an activating group) is 1. The lowest BCUT2D eigenvalue weighted by molar-refractivity contribution is -0.138. The molecule has 2 heterocycles. The summed E-state index contributed by atoms with van der Waals surface area (Å²) in [4.78, 5) is 28.4. The number of nitrogens with zero attached hydrogens (tertiary/aromatic N) is 2. The third-order valence-electron chi connectivity index (χ3n) is 5.23. The highest BCUT2D eigenvalue weighted by molar-refractivity contribution is 6.01. The number of alkyl halides is 3. The molecule has 2 aliphatic heterocycles. The van der Waals surface area contributed by atoms with E-state index in [1.165, 1.54) is 30.1 Å². The third-order valence-corrected chi connectivity index (χ3v) is 5.23. The summed E-state index contributed by atoms with van der Waals surface area (Å²) in [5.41, 5.74) is 0.506. The summed E-state index contributed by atoms with van der Waals surface area (Å²) in [5.74, 6) is -0.377. The van der Waals surface area contributed by atoms with E-state index in [-0.39, 0.29) is 23.6 Å². The van der Waals surface area contributed by atoms with E-state index in [0.29, 0.717) is 12.2 Å². The van der Waals surface area contributed by atoms with Gasteiger partial charge in [-0.05, 0) is 17.2 Å². The zero-order valence-corrected chi connectivity index (χ0v) is 15.5. The second kappa shape index (κ2) is 6.95. The third kappa shape index (κ3) is 3.35. The van der Waals surface area contributed by atoms with Crippen LogP contribution in [0.15, 0.2) is 65.9 Å². The second-order valence-corrected chi connectivity index (χ2v) is 7.03. The van der Waals surface area contributed by atoms with Gasteiger partial charge in [-0.1, -0.05) is 48.5 Å². The SMILES string of the molecule is CN1C(=O)N[C@@H](c2ccccc2C(F)(F)F)C2=C1CN(Cc1ccccc1)C2=O. The Bertz CT molecular complexity index is 1000. The lowest BCUT2D eigenvalue weighted by atomic mass is 9.92. The van der Waals surface area contributed by atoms with Crippen LogP contribution in [-0.4, -0.2) is 35.3 Å². The molecule has 0 spiro atoms. The van der Waals surface area contributed by atoms with Gasteiger partial charge in [-0.15, -0.1) is 0 Å². The summed E-state index contributed by atoms with van der Waals surface area (Å²) >= 11 is 0. The standard InChI is InChI=1S/C21H18F3N3O2/c1-26-16-12-27(11-13-7-3-2-4-8-13)19(28)17(16)18(25-20(26)29)14-9-5-6-10-15(14)21(22,23)24/h2-10,18H,11-12H2,1H3,(H,25,29)/t18-/m0/s1. The molecule has 0 fully saturated rings. The molecule has 2 aliphatic rings. The number of nitrogens with one attached hydrogen (secondary N) is 1. The quantitative estimate of drug-likeness (QED) is 0.853. The predicted octanol–water partition coefficient (Wildman–Crippen LogP) is 3.70. The zero-order valence-electron chi connectivity index (χ0n) is 15.5. The highest BCUT2D eigenvalue weighted by Gasteiger charge is 2.45. The number of amides is 3. The molecule has 1 N–H and O–H groups in total. The molecule has 0 unspecified atom stereocenters. The maximum Gasteiger partial charge on any atom is 0.416 e. The first-order valence-corrected chi connectivity index (χ1v) is 9.04. The van der Waals surface area contributed by atoms with Crippen molar-refractivity contribution in [2.45, 2.75) is 18.8 Å². The Labute approximate surface area is 165 Å². The fraction of sp³-hybridized carbons (Fsp3) is 0.238. The van der Waals surface area contributed by atoms with Crippen LogP contribution >= 0.6 is 0 Å². The van der Waals surface area contributed by atoms with Crippen LogP contribution in [0.3, 0.4) is 0 Å². The Balaban J connectivity index is 1.74. The lowest BCUT2D eigenvalue weighted by Crippen LogP contribution is -2.45. The fourth-order valence-corrected chi connectivity index (χ4v) is 3.80. The van der Waals surface area contributed by atoms with Crippen molar-refractivity contribution < 1.29 is 22.8 Å². The number of carbonyl (C=O) groups excluding carboxylic acids is 2. The molecule has 5 nitrogen and oxygen atoms in total. The van der Waals surface area contributed by atoms with E-state index in [2.05, 4.69) is 5.32 Å². The number of urea groups is 1. The largest absolute Gasteiger partial charge is 0.416 e. The normalized spacial score (nSPS) is 19.5. The van der Waals surface area contributed by atoms with Crippen molar-refractivity contribution in [3.63, 3.8) is 0 Å². The Morgan fingerprint density at radius 1 is 1.03 bits per heavy atom. The Morgan fingerprint density at radius 2 is 1.69 bits per heavy atom. The first kappa shape index (κ1) is 19.0. The van der Waals surface area contributed by atoms with Gasteiger partial charge in [0.1, 0.15) is 0 Å². The van der Waals surface area contributed by atoms with Gasteiger partial charge < -0.3 is 10.2 Å². The van der Waals surface area contributed by atoms with Crippen LogP contribution in [0, 0.1) is 0 Å². The molecule has 0 aromatic heterocycles. The highest BCUT2D eigenvalue weighted by Crippen LogP contribution is 2.41. The van der Waals surface area contributed by atoms with Gasteiger partial charge >= 0.3 is 12.2 Å². The van der Waals surface area contributed by atoms with Crippen molar-refractivity contribution in [1.29, 1.82) is 0 Å². The van der Waals surface area contributed by atoms with Gasteiger partial charge in [-0.25, -0.2) is 4.79 Å². The predicted molar refractivity (Wildman–Crippen MR) is 99.4 cm³/mol. The maximum atomic E-state index is 13.5. The molecular weight excluding hydrogens is 383 g/mol. The summed E-state index contributed by atoms with van der Waals surface area (Å²) in [6.45, 7) is 0.472. The summed E-state index contributed by atoms with van der Waals surface area (Å²) in [6.07, 6.45) is -4.60. The van der Waals surface area contributed by atoms with Crippen molar-refractivity contribution in [1.82, 2.24) is 15.1 Å². The zero-order chi connectivity index (χ0) is 20.8. The van der Waals surface area contributed by atoms with Crippen molar-refractivity contribution in [2.75, 3.05) is 13.6 Å². The number of hydrogen-bond acceptors (Lipinski definition) is 2. The number of halogens is 3. The minimum Gasteiger partial charge on any atom is -0.329 e. The van der Waals surface area contributed by atoms with E-state index in [1.54, 1.807) is 4.90 Å². The monoisotopic (exact) mass is 401 g/mol. The number of carbonyl (C=O) groups is 2. The van der Waals surface area contributed by atoms with Gasteiger partial charge in [-0.3, -0.25) is 9.69 Å².